The van der Waals surface area contributed by atoms with Crippen molar-refractivity contribution in [3.63, 3.8) is 0 Å². The third-order valence-corrected chi connectivity index (χ3v) is 8.95. The van der Waals surface area contributed by atoms with Gasteiger partial charge in [-0.2, -0.15) is 52.7 Å². The topological polar surface area (TPSA) is 268 Å². The zero-order valence-electron chi connectivity index (χ0n) is 37.9. The molecule has 402 valence electrons. The van der Waals surface area contributed by atoms with Crippen molar-refractivity contribution >= 4 is 53.4 Å². The van der Waals surface area contributed by atoms with Crippen LogP contribution in [0.25, 0.3) is 0 Å². The Kier molecular flexibility index (Phi) is 24.9. The van der Waals surface area contributed by atoms with Gasteiger partial charge >= 0.3 is 60.4 Å². The van der Waals surface area contributed by atoms with Gasteiger partial charge in [0.05, 0.1) is 0 Å². The van der Waals surface area contributed by atoms with E-state index in [-0.39, 0.29) is 0 Å². The predicted molar refractivity (Wildman–Crippen MR) is 218 cm³/mol. The molecule has 4 atom stereocenters. The molecule has 4 unspecified atom stereocenters. The minimum atomic E-state index is -5.37. The molecule has 0 saturated carbocycles. The summed E-state index contributed by atoms with van der Waals surface area (Å²) in [4.78, 5) is 113. The molecule has 0 aliphatic carbocycles. The van der Waals surface area contributed by atoms with E-state index in [4.69, 9.17) is 9.47 Å². The highest BCUT2D eigenvalue weighted by atomic mass is 19.4. The average Bonchev–Trinajstić information content (AvgIpc) is 3.24. The van der Waals surface area contributed by atoms with E-state index in [1.807, 2.05) is 0 Å². The molecule has 71 heavy (non-hydrogen) atoms. The second-order valence-electron chi connectivity index (χ2n) is 16.1. The lowest BCUT2D eigenvalue weighted by Crippen LogP contribution is -2.58. The maximum atomic E-state index is 14.0. The van der Waals surface area contributed by atoms with Crippen molar-refractivity contribution in [2.45, 2.75) is 133 Å². The van der Waals surface area contributed by atoms with Gasteiger partial charge < -0.3 is 52.0 Å². The van der Waals surface area contributed by atoms with E-state index in [2.05, 4.69) is 21.3 Å². The molecule has 0 radical (unpaired) electrons. The van der Waals surface area contributed by atoms with E-state index < -0.39 is 192 Å². The molecule has 0 fully saturated rings. The SMILES string of the molecule is CC(C)(C)OC(=O)NC(CCCNC(=O)C(F)(F)F)C(=O)NC(CCCNC(=O)C(F)(F)F)C(=O)NC(CCCNC(=O)C(F)(F)F)C(=O)NC(CCCNC(=O)C(F)(F)F)C(=O)OCc1ccccc1. The highest BCUT2D eigenvalue weighted by Gasteiger charge is 2.41. The predicted octanol–water partition coefficient (Wildman–Crippen LogP) is 2.91. The lowest BCUT2D eigenvalue weighted by Gasteiger charge is -2.27. The van der Waals surface area contributed by atoms with Gasteiger partial charge in [0, 0.05) is 26.2 Å². The summed E-state index contributed by atoms with van der Waals surface area (Å²) in [6.07, 6.45) is -27.3. The molecule has 0 spiro atoms. The Balaban J connectivity index is 3.61. The van der Waals surface area contributed by atoms with Crippen LogP contribution in [-0.2, 0) is 54.4 Å². The molecule has 1 rings (SSSR count). The standard InChI is InChI=1S/C40H52F12N8O11/c1-36(2,3)71-35(69)60-25(15-9-19-55-33(67)39(47,48)49)29(63)58-23(13-7-17-53-31(65)37(41,42)43)27(61)57-24(14-8-18-54-32(66)38(44,45)46)28(62)59-26(16-10-20-56-34(68)40(50,51)52)30(64)70-21-22-11-5-4-6-12-22/h4-6,11-12,23-26H,7-10,13-21H2,1-3H3,(H,53,65)(H,54,66)(H,55,67)(H,56,68)(H,57,61)(H,58,63)(H,59,62)(H,60,69). The maximum Gasteiger partial charge on any atom is 0.471 e. The zero-order chi connectivity index (χ0) is 54.4. The van der Waals surface area contributed by atoms with Crippen LogP contribution < -0.4 is 42.5 Å². The van der Waals surface area contributed by atoms with Crippen molar-refractivity contribution in [2.75, 3.05) is 26.2 Å². The number of alkyl halides is 12. The quantitative estimate of drug-likeness (QED) is 0.0380. The summed E-state index contributed by atoms with van der Waals surface area (Å²) >= 11 is 0. The molecule has 0 saturated heterocycles. The van der Waals surface area contributed by atoms with Crippen molar-refractivity contribution in [1.29, 1.82) is 0 Å². The van der Waals surface area contributed by atoms with Gasteiger partial charge in [-0.05, 0) is 77.7 Å². The molecule has 31 heteroatoms. The summed E-state index contributed by atoms with van der Waals surface area (Å²) in [5.41, 5.74) is -0.793. The Morgan fingerprint density at radius 2 is 0.746 bits per heavy atom. The van der Waals surface area contributed by atoms with Gasteiger partial charge in [0.1, 0.15) is 36.4 Å². The number of hydrogen-bond acceptors (Lipinski definition) is 11. The van der Waals surface area contributed by atoms with Crippen LogP contribution in [0.3, 0.4) is 0 Å². The first-order valence-electron chi connectivity index (χ1n) is 21.1. The number of alkyl carbamates (subject to hydrolysis) is 1. The second-order valence-corrected chi connectivity index (χ2v) is 16.1. The lowest BCUT2D eigenvalue weighted by atomic mass is 10.0. The smallest absolute Gasteiger partial charge is 0.459 e. The third-order valence-electron chi connectivity index (χ3n) is 8.95. The number of benzene rings is 1. The van der Waals surface area contributed by atoms with E-state index in [0.29, 0.717) is 5.56 Å². The third kappa shape index (κ3) is 26.3. The largest absolute Gasteiger partial charge is 0.471 e. The molecule has 8 amide bonds. The Morgan fingerprint density at radius 3 is 1.06 bits per heavy atom. The van der Waals surface area contributed by atoms with Crippen LogP contribution in [-0.4, -0.2) is 134 Å². The molecule has 0 heterocycles. The fraction of sp³-hybridized carbons (Fsp3) is 0.625. The summed E-state index contributed by atoms with van der Waals surface area (Å²) < 4.78 is 164. The van der Waals surface area contributed by atoms with Gasteiger partial charge in [-0.25, -0.2) is 9.59 Å². The minimum absolute atomic E-state index is 0.414. The molecule has 0 aliphatic heterocycles. The molecule has 0 aliphatic rings. The fourth-order valence-corrected chi connectivity index (χ4v) is 5.58. The summed E-state index contributed by atoms with van der Waals surface area (Å²) in [7, 11) is 0. The zero-order valence-corrected chi connectivity index (χ0v) is 37.9. The number of carbonyl (C=O) groups is 9. The maximum absolute atomic E-state index is 14.0. The summed E-state index contributed by atoms with van der Waals surface area (Å²) in [5.74, 6) is -14.9. The van der Waals surface area contributed by atoms with Crippen LogP contribution in [0, 0.1) is 0 Å². The Morgan fingerprint density at radius 1 is 0.451 bits per heavy atom. The van der Waals surface area contributed by atoms with Gasteiger partial charge in [0.2, 0.25) is 17.7 Å². The van der Waals surface area contributed by atoms with Crippen LogP contribution in [0.4, 0.5) is 57.5 Å². The van der Waals surface area contributed by atoms with Gasteiger partial charge in [0.15, 0.2) is 0 Å². The number of esters is 1. The average molecular weight is 1050 g/mol. The number of hydrogen-bond donors (Lipinski definition) is 8. The first kappa shape index (κ1) is 62.4. The molecule has 1 aromatic rings. The van der Waals surface area contributed by atoms with Gasteiger partial charge in [-0.15, -0.1) is 0 Å². The van der Waals surface area contributed by atoms with Crippen LogP contribution in [0.1, 0.15) is 77.7 Å². The first-order chi connectivity index (χ1) is 32.6. The number of rotatable bonds is 26. The van der Waals surface area contributed by atoms with E-state index in [9.17, 15) is 95.8 Å². The molecule has 19 nitrogen and oxygen atoms in total. The molecule has 8 N–H and O–H groups in total. The molecule has 0 aromatic heterocycles. The lowest BCUT2D eigenvalue weighted by molar-refractivity contribution is -0.173. The number of ether oxygens (including phenoxy) is 2. The normalized spacial score (nSPS) is 13.7. The van der Waals surface area contributed by atoms with Gasteiger partial charge in [-0.1, -0.05) is 30.3 Å². The molecular formula is C40H52F12N8O11. The van der Waals surface area contributed by atoms with Crippen molar-refractivity contribution in [3.8, 4) is 0 Å². The van der Waals surface area contributed by atoms with Crippen molar-refractivity contribution < 1.29 is 105 Å². The summed E-state index contributed by atoms with van der Waals surface area (Å²) in [5, 5.41) is 14.6. The number of nitrogens with one attached hydrogen (secondary N) is 8. The van der Waals surface area contributed by atoms with E-state index in [1.165, 1.54) is 48.9 Å². The van der Waals surface area contributed by atoms with Crippen molar-refractivity contribution in [3.05, 3.63) is 35.9 Å². The first-order valence-corrected chi connectivity index (χ1v) is 21.1. The van der Waals surface area contributed by atoms with Crippen molar-refractivity contribution in [1.82, 2.24) is 42.5 Å². The molecular weight excluding hydrogens is 996 g/mol. The van der Waals surface area contributed by atoms with Crippen LogP contribution >= 0.6 is 0 Å². The monoisotopic (exact) mass is 1050 g/mol. The molecule has 1 aromatic carbocycles. The summed E-state index contributed by atoms with van der Waals surface area (Å²) in [6, 6.07) is 0.214. The minimum Gasteiger partial charge on any atom is -0.459 e. The Bertz CT molecular complexity index is 1960. The van der Waals surface area contributed by atoms with Crippen LogP contribution in [0.2, 0.25) is 0 Å². The Labute approximate surface area is 396 Å². The van der Waals surface area contributed by atoms with E-state index >= 15 is 0 Å². The number of amides is 8. The van der Waals surface area contributed by atoms with Crippen LogP contribution in [0.15, 0.2) is 30.3 Å². The number of halogens is 12. The van der Waals surface area contributed by atoms with Gasteiger partial charge in [-0.3, -0.25) is 33.6 Å². The summed E-state index contributed by atoms with van der Waals surface area (Å²) in [6.45, 7) is 0.684. The second kappa shape index (κ2) is 28.3. The van der Waals surface area contributed by atoms with Crippen LogP contribution in [0.5, 0.6) is 0 Å². The van der Waals surface area contributed by atoms with Crippen molar-refractivity contribution in [2.24, 2.45) is 0 Å². The highest BCUT2D eigenvalue weighted by molar-refractivity contribution is 5.95. The van der Waals surface area contributed by atoms with E-state index in [0.717, 1.165) is 0 Å². The fourth-order valence-electron chi connectivity index (χ4n) is 5.58. The van der Waals surface area contributed by atoms with E-state index in [1.54, 1.807) is 23.5 Å². The van der Waals surface area contributed by atoms with Gasteiger partial charge in [0.25, 0.3) is 0 Å². The highest BCUT2D eigenvalue weighted by Crippen LogP contribution is 2.18. The Hall–Kier alpha value is -6.59. The number of carbonyl (C=O) groups excluding carboxylic acids is 9. The molecule has 0 bridgehead atoms.